The molecule has 1 aromatic carbocycles. The smallest absolute Gasteiger partial charge is 0.377 e. The number of carboxylic acid groups (broad SMARTS) is 1. The summed E-state index contributed by atoms with van der Waals surface area (Å²) in [6.07, 6.45) is 0.746. The van der Waals surface area contributed by atoms with Gasteiger partial charge in [0, 0.05) is 12.0 Å². The summed E-state index contributed by atoms with van der Waals surface area (Å²) in [4.78, 5) is 21.9. The molecule has 1 N–H and O–H groups in total. The Morgan fingerprint density at radius 3 is 2.81 bits per heavy atom. The van der Waals surface area contributed by atoms with Gasteiger partial charge in [0.05, 0.1) is 4.47 Å². The maximum Gasteiger partial charge on any atom is 0.377 e. The fraction of sp³-hybridized carbons (Fsp3) is 0.273. The molecule has 1 atom stereocenters. The Hall–Kier alpha value is -1.36. The van der Waals surface area contributed by atoms with E-state index >= 15 is 0 Å². The second-order valence-electron chi connectivity index (χ2n) is 3.71. The number of carboxylic acids is 1. The third-order valence-corrected chi connectivity index (χ3v) is 2.99. The number of halogens is 1. The minimum Gasteiger partial charge on any atom is -0.489 e. The first-order chi connectivity index (χ1) is 7.49. The topological polar surface area (TPSA) is 63.6 Å². The molecule has 1 aliphatic rings. The van der Waals surface area contributed by atoms with E-state index in [9.17, 15) is 9.59 Å². The SMILES string of the molecule is CC1Cc2cc(C(=O)C(=O)O)cc(Br)c2O1. The molecule has 0 aliphatic carbocycles. The van der Waals surface area contributed by atoms with Crippen molar-refractivity contribution in [3.8, 4) is 5.75 Å². The van der Waals surface area contributed by atoms with Crippen molar-refractivity contribution in [3.63, 3.8) is 0 Å². The lowest BCUT2D eigenvalue weighted by Gasteiger charge is -2.05. The highest BCUT2D eigenvalue weighted by molar-refractivity contribution is 9.10. The summed E-state index contributed by atoms with van der Waals surface area (Å²) in [5.41, 5.74) is 1.04. The second-order valence-corrected chi connectivity index (χ2v) is 4.57. The molecule has 4 nitrogen and oxygen atoms in total. The lowest BCUT2D eigenvalue weighted by Crippen LogP contribution is -2.12. The van der Waals surface area contributed by atoms with E-state index in [1.807, 2.05) is 6.92 Å². The molecule has 0 saturated heterocycles. The first-order valence-electron chi connectivity index (χ1n) is 4.75. The minimum atomic E-state index is -1.45. The molecule has 5 heteroatoms. The van der Waals surface area contributed by atoms with Gasteiger partial charge in [-0.1, -0.05) is 0 Å². The van der Waals surface area contributed by atoms with E-state index in [-0.39, 0.29) is 11.7 Å². The lowest BCUT2D eigenvalue weighted by molar-refractivity contribution is -0.131. The molecule has 0 saturated carbocycles. The molecule has 0 aromatic heterocycles. The van der Waals surface area contributed by atoms with Crippen LogP contribution >= 0.6 is 15.9 Å². The maximum atomic E-state index is 11.3. The summed E-state index contributed by atoms with van der Waals surface area (Å²) in [5.74, 6) is -1.64. The van der Waals surface area contributed by atoms with E-state index in [4.69, 9.17) is 9.84 Å². The van der Waals surface area contributed by atoms with Crippen LogP contribution in [0.4, 0.5) is 0 Å². The van der Waals surface area contributed by atoms with Crippen LogP contribution in [0.2, 0.25) is 0 Å². The lowest BCUT2D eigenvalue weighted by atomic mass is 10.0. The molecule has 84 valence electrons. The maximum absolute atomic E-state index is 11.3. The van der Waals surface area contributed by atoms with E-state index in [0.29, 0.717) is 16.6 Å². The molecule has 16 heavy (non-hydrogen) atoms. The van der Waals surface area contributed by atoms with Crippen LogP contribution in [0.5, 0.6) is 5.75 Å². The van der Waals surface area contributed by atoms with Crippen LogP contribution in [0.15, 0.2) is 16.6 Å². The molecule has 0 spiro atoms. The van der Waals surface area contributed by atoms with Gasteiger partial charge in [-0.2, -0.15) is 0 Å². The monoisotopic (exact) mass is 284 g/mol. The fourth-order valence-electron chi connectivity index (χ4n) is 1.74. The Bertz CT molecular complexity index is 481. The van der Waals surface area contributed by atoms with E-state index < -0.39 is 11.8 Å². The Balaban J connectivity index is 2.46. The number of aliphatic carboxylic acids is 1. The normalized spacial score (nSPS) is 17.8. The molecule has 0 radical (unpaired) electrons. The summed E-state index contributed by atoms with van der Waals surface area (Å²) in [6, 6.07) is 3.06. The highest BCUT2D eigenvalue weighted by atomic mass is 79.9. The van der Waals surface area contributed by atoms with E-state index in [1.54, 1.807) is 6.07 Å². The summed E-state index contributed by atoms with van der Waals surface area (Å²) >= 11 is 3.27. The van der Waals surface area contributed by atoms with Crippen molar-refractivity contribution in [2.75, 3.05) is 0 Å². The summed E-state index contributed by atoms with van der Waals surface area (Å²) in [5, 5.41) is 8.63. The van der Waals surface area contributed by atoms with Gasteiger partial charge in [0.2, 0.25) is 0 Å². The largest absolute Gasteiger partial charge is 0.489 e. The number of hydrogen-bond donors (Lipinski definition) is 1. The molecule has 0 bridgehead atoms. The molecular weight excluding hydrogens is 276 g/mol. The quantitative estimate of drug-likeness (QED) is 0.667. The number of benzene rings is 1. The van der Waals surface area contributed by atoms with Crippen molar-refractivity contribution in [1.82, 2.24) is 0 Å². The molecular formula is C11H9BrO4. The van der Waals surface area contributed by atoms with Gasteiger partial charge >= 0.3 is 5.97 Å². The number of hydrogen-bond acceptors (Lipinski definition) is 3. The zero-order valence-electron chi connectivity index (χ0n) is 8.49. The first-order valence-corrected chi connectivity index (χ1v) is 5.55. The van der Waals surface area contributed by atoms with Crippen molar-refractivity contribution < 1.29 is 19.4 Å². The average Bonchev–Trinajstić information content (AvgIpc) is 2.57. The first kappa shape index (κ1) is 11.1. The Kier molecular flexibility index (Phi) is 2.71. The fourth-order valence-corrected chi connectivity index (χ4v) is 2.34. The van der Waals surface area contributed by atoms with Crippen LogP contribution in [0.3, 0.4) is 0 Å². The number of rotatable bonds is 2. The van der Waals surface area contributed by atoms with Gasteiger partial charge in [0.15, 0.2) is 0 Å². The zero-order chi connectivity index (χ0) is 11.9. The minimum absolute atomic E-state index is 0.0569. The van der Waals surface area contributed by atoms with Gasteiger partial charge in [-0.15, -0.1) is 0 Å². The third kappa shape index (κ3) is 1.82. The van der Waals surface area contributed by atoms with Gasteiger partial charge in [-0.3, -0.25) is 4.79 Å². The van der Waals surface area contributed by atoms with Gasteiger partial charge in [0.25, 0.3) is 5.78 Å². The zero-order valence-corrected chi connectivity index (χ0v) is 10.1. The second kappa shape index (κ2) is 3.90. The predicted molar refractivity (Wildman–Crippen MR) is 59.9 cm³/mol. The van der Waals surface area contributed by atoms with E-state index in [2.05, 4.69) is 15.9 Å². The molecule has 2 rings (SSSR count). The molecule has 1 heterocycles. The van der Waals surface area contributed by atoms with Crippen LogP contribution in [-0.2, 0) is 11.2 Å². The van der Waals surface area contributed by atoms with Crippen LogP contribution in [0, 0.1) is 0 Å². The number of fused-ring (bicyclic) bond motifs is 1. The van der Waals surface area contributed by atoms with Crippen LogP contribution in [-0.4, -0.2) is 23.0 Å². The van der Waals surface area contributed by atoms with Crippen LogP contribution < -0.4 is 4.74 Å². The van der Waals surface area contributed by atoms with Gasteiger partial charge in [-0.05, 0) is 40.5 Å². The molecule has 0 fully saturated rings. The van der Waals surface area contributed by atoms with Crippen molar-refractivity contribution >= 4 is 27.7 Å². The van der Waals surface area contributed by atoms with Gasteiger partial charge < -0.3 is 9.84 Å². The highest BCUT2D eigenvalue weighted by Gasteiger charge is 2.25. The predicted octanol–water partition coefficient (Wildman–Crippen LogP) is 2.04. The Morgan fingerprint density at radius 2 is 2.19 bits per heavy atom. The average molecular weight is 285 g/mol. The molecule has 1 aliphatic heterocycles. The van der Waals surface area contributed by atoms with Crippen LogP contribution in [0.1, 0.15) is 22.8 Å². The summed E-state index contributed by atoms with van der Waals surface area (Å²) < 4.78 is 6.15. The molecule has 1 unspecified atom stereocenters. The molecule has 0 amide bonds. The number of carbonyl (C=O) groups excluding carboxylic acids is 1. The molecule has 1 aromatic rings. The number of Topliss-reactive ketones (excluding diaryl/α,β-unsaturated/α-hetero) is 1. The number of ether oxygens (including phenoxy) is 1. The highest BCUT2D eigenvalue weighted by Crippen LogP contribution is 2.37. The van der Waals surface area contributed by atoms with E-state index in [0.717, 1.165) is 5.56 Å². The van der Waals surface area contributed by atoms with E-state index in [1.165, 1.54) is 6.07 Å². The standard InChI is InChI=1S/C11H9BrO4/c1-5-2-7-3-6(9(13)11(14)15)4-8(12)10(7)16-5/h3-5H,2H2,1H3,(H,14,15). The Labute approximate surface area is 100 Å². The number of carbonyl (C=O) groups is 2. The van der Waals surface area contributed by atoms with Crippen molar-refractivity contribution in [1.29, 1.82) is 0 Å². The van der Waals surface area contributed by atoms with Gasteiger partial charge in [-0.25, -0.2) is 4.79 Å². The number of ketones is 1. The Morgan fingerprint density at radius 1 is 1.50 bits per heavy atom. The van der Waals surface area contributed by atoms with Crippen molar-refractivity contribution in [2.24, 2.45) is 0 Å². The van der Waals surface area contributed by atoms with Crippen molar-refractivity contribution in [2.45, 2.75) is 19.4 Å². The van der Waals surface area contributed by atoms with Crippen LogP contribution in [0.25, 0.3) is 0 Å². The summed E-state index contributed by atoms with van der Waals surface area (Å²) in [7, 11) is 0. The van der Waals surface area contributed by atoms with Gasteiger partial charge in [0.1, 0.15) is 11.9 Å². The summed E-state index contributed by atoms with van der Waals surface area (Å²) in [6.45, 7) is 1.92. The van der Waals surface area contributed by atoms with Crippen molar-refractivity contribution in [3.05, 3.63) is 27.7 Å². The third-order valence-electron chi connectivity index (χ3n) is 2.40.